The lowest BCUT2D eigenvalue weighted by molar-refractivity contribution is -0.145. The smallest absolute Gasteiger partial charge is 0.414 e. The Bertz CT molecular complexity index is 368. The Labute approximate surface area is 101 Å². The molecule has 2 amide bonds. The molecule has 0 saturated carbocycles. The summed E-state index contributed by atoms with van der Waals surface area (Å²) in [6, 6.07) is 0. The molecule has 0 aromatic rings. The Morgan fingerprint density at radius 1 is 1.53 bits per heavy atom. The first kappa shape index (κ1) is 13.5. The highest BCUT2D eigenvalue weighted by molar-refractivity contribution is 8.15. The number of hydrogen-bond donors (Lipinski definition) is 1. The van der Waals surface area contributed by atoms with E-state index in [2.05, 4.69) is 4.74 Å². The summed E-state index contributed by atoms with van der Waals surface area (Å²) >= 11 is 0.676. The lowest BCUT2D eigenvalue weighted by Gasteiger charge is -2.26. The Morgan fingerprint density at radius 3 is 2.71 bits per heavy atom. The first-order valence-electron chi connectivity index (χ1n) is 4.85. The fourth-order valence-electron chi connectivity index (χ4n) is 1.29. The lowest BCUT2D eigenvalue weighted by atomic mass is 10.2. The van der Waals surface area contributed by atoms with Crippen LogP contribution >= 0.6 is 11.8 Å². The minimum atomic E-state index is -1.49. The summed E-state index contributed by atoms with van der Waals surface area (Å²) in [5.41, 5.74) is 0. The van der Waals surface area contributed by atoms with Gasteiger partial charge >= 0.3 is 12.1 Å². The molecule has 0 aromatic carbocycles. The number of carboxylic acid groups (broad SMARTS) is 1. The number of carbonyl (C=O) groups is 4. The van der Waals surface area contributed by atoms with E-state index in [4.69, 9.17) is 5.11 Å². The maximum Gasteiger partial charge on any atom is 0.414 e. The molecule has 94 valence electrons. The van der Waals surface area contributed by atoms with Gasteiger partial charge in [0.1, 0.15) is 11.8 Å². The van der Waals surface area contributed by atoms with Gasteiger partial charge < -0.3 is 9.84 Å². The number of amides is 2. The van der Waals surface area contributed by atoms with Gasteiger partial charge in [-0.25, -0.2) is 9.69 Å². The first-order valence-corrected chi connectivity index (χ1v) is 5.73. The molecular weight excluding hydrogens is 250 g/mol. The molecule has 8 heteroatoms. The van der Waals surface area contributed by atoms with Gasteiger partial charge in [-0.3, -0.25) is 14.4 Å². The number of carbonyl (C=O) groups excluding carboxylic acids is 3. The summed E-state index contributed by atoms with van der Waals surface area (Å²) in [5, 5.41) is 7.24. The summed E-state index contributed by atoms with van der Waals surface area (Å²) in [6.07, 6.45) is -1.79. The maximum atomic E-state index is 11.6. The number of rotatable bonds is 3. The van der Waals surface area contributed by atoms with Gasteiger partial charge in [-0.15, -0.1) is 0 Å². The lowest BCUT2D eigenvalue weighted by Crippen LogP contribution is -2.48. The first-order chi connectivity index (χ1) is 7.95. The molecule has 7 nitrogen and oxygen atoms in total. The minimum Gasteiger partial charge on any atom is -0.466 e. The van der Waals surface area contributed by atoms with Gasteiger partial charge in [0.2, 0.25) is 11.0 Å². The van der Waals surface area contributed by atoms with Crippen LogP contribution in [0.4, 0.5) is 4.79 Å². The van der Waals surface area contributed by atoms with E-state index in [9.17, 15) is 19.2 Å². The molecule has 1 heterocycles. The standard InChI is InChI=1S/C9H11NO6S/c1-2-16-6(11)3-5-8(13)10(9(14)15)4-7(12)17-5/h5H,2-4H2,1H3,(H,14,15). The van der Waals surface area contributed by atoms with E-state index in [1.54, 1.807) is 6.92 Å². The molecule has 0 bridgehead atoms. The molecule has 0 aliphatic carbocycles. The molecular formula is C9H11NO6S. The van der Waals surface area contributed by atoms with Crippen molar-refractivity contribution in [1.82, 2.24) is 4.90 Å². The molecule has 1 unspecified atom stereocenters. The fraction of sp³-hybridized carbons (Fsp3) is 0.556. The van der Waals surface area contributed by atoms with E-state index >= 15 is 0 Å². The molecule has 1 fully saturated rings. The van der Waals surface area contributed by atoms with Gasteiger partial charge in [0, 0.05) is 0 Å². The van der Waals surface area contributed by atoms with Crippen molar-refractivity contribution in [3.63, 3.8) is 0 Å². The zero-order chi connectivity index (χ0) is 13.0. The van der Waals surface area contributed by atoms with Crippen LogP contribution in [0.5, 0.6) is 0 Å². The van der Waals surface area contributed by atoms with E-state index < -0.39 is 34.9 Å². The molecule has 1 N–H and O–H groups in total. The summed E-state index contributed by atoms with van der Waals surface area (Å²) in [6.45, 7) is 1.31. The third-order valence-corrected chi connectivity index (χ3v) is 3.04. The van der Waals surface area contributed by atoms with Crippen LogP contribution in [0, 0.1) is 0 Å². The van der Waals surface area contributed by atoms with Crippen LogP contribution in [0.3, 0.4) is 0 Å². The van der Waals surface area contributed by atoms with E-state index in [0.29, 0.717) is 16.7 Å². The second-order valence-electron chi connectivity index (χ2n) is 3.19. The van der Waals surface area contributed by atoms with Crippen LogP contribution in [-0.2, 0) is 19.1 Å². The number of nitrogens with zero attached hydrogens (tertiary/aromatic N) is 1. The summed E-state index contributed by atoms with van der Waals surface area (Å²) in [4.78, 5) is 45.1. The highest BCUT2D eigenvalue weighted by Gasteiger charge is 2.38. The topological polar surface area (TPSA) is 101 Å². The monoisotopic (exact) mass is 261 g/mol. The average Bonchev–Trinajstić information content (AvgIpc) is 2.22. The van der Waals surface area contributed by atoms with Gasteiger partial charge in [0.15, 0.2) is 0 Å². The Balaban J connectivity index is 2.71. The van der Waals surface area contributed by atoms with Crippen LogP contribution in [0.15, 0.2) is 0 Å². The Hall–Kier alpha value is -1.57. The quantitative estimate of drug-likeness (QED) is 0.718. The van der Waals surface area contributed by atoms with E-state index in [1.807, 2.05) is 0 Å². The van der Waals surface area contributed by atoms with Crippen LogP contribution in [0.2, 0.25) is 0 Å². The van der Waals surface area contributed by atoms with Crippen molar-refractivity contribution < 1.29 is 29.0 Å². The van der Waals surface area contributed by atoms with E-state index in [-0.39, 0.29) is 13.0 Å². The largest absolute Gasteiger partial charge is 0.466 e. The molecule has 0 radical (unpaired) electrons. The normalized spacial score (nSPS) is 20.3. The van der Waals surface area contributed by atoms with Crippen LogP contribution in [0.1, 0.15) is 13.3 Å². The minimum absolute atomic E-state index is 0.168. The number of esters is 1. The summed E-state index contributed by atoms with van der Waals surface area (Å²) in [5.74, 6) is -1.38. The van der Waals surface area contributed by atoms with Crippen LogP contribution < -0.4 is 0 Å². The highest BCUT2D eigenvalue weighted by atomic mass is 32.2. The van der Waals surface area contributed by atoms with Crippen molar-refractivity contribution in [2.45, 2.75) is 18.6 Å². The molecule has 1 aliphatic heterocycles. The predicted octanol–water partition coefficient (Wildman–Crippen LogP) is 0.0882. The van der Waals surface area contributed by atoms with Gasteiger partial charge in [-0.05, 0) is 6.92 Å². The Kier molecular flexibility index (Phi) is 4.50. The molecule has 1 saturated heterocycles. The van der Waals surface area contributed by atoms with Gasteiger partial charge in [-0.2, -0.15) is 0 Å². The van der Waals surface area contributed by atoms with Crippen molar-refractivity contribution in [1.29, 1.82) is 0 Å². The zero-order valence-corrected chi connectivity index (χ0v) is 9.86. The third-order valence-electron chi connectivity index (χ3n) is 1.99. The molecule has 1 atom stereocenters. The molecule has 17 heavy (non-hydrogen) atoms. The molecule has 0 aromatic heterocycles. The summed E-state index contributed by atoms with van der Waals surface area (Å²) in [7, 11) is 0. The van der Waals surface area contributed by atoms with Crippen molar-refractivity contribution in [3.05, 3.63) is 0 Å². The van der Waals surface area contributed by atoms with Crippen molar-refractivity contribution in [2.75, 3.05) is 13.2 Å². The van der Waals surface area contributed by atoms with Gasteiger partial charge in [0.25, 0.3) is 0 Å². The maximum absolute atomic E-state index is 11.6. The van der Waals surface area contributed by atoms with Crippen LogP contribution in [0.25, 0.3) is 0 Å². The second-order valence-corrected chi connectivity index (χ2v) is 4.45. The van der Waals surface area contributed by atoms with Gasteiger partial charge in [0.05, 0.1) is 13.0 Å². The molecule has 0 spiro atoms. The third kappa shape index (κ3) is 3.45. The van der Waals surface area contributed by atoms with E-state index in [1.165, 1.54) is 0 Å². The van der Waals surface area contributed by atoms with Crippen molar-refractivity contribution in [2.24, 2.45) is 0 Å². The fourth-order valence-corrected chi connectivity index (χ4v) is 2.26. The highest BCUT2D eigenvalue weighted by Crippen LogP contribution is 2.24. The van der Waals surface area contributed by atoms with Gasteiger partial charge in [-0.1, -0.05) is 11.8 Å². The Morgan fingerprint density at radius 2 is 2.18 bits per heavy atom. The van der Waals surface area contributed by atoms with Crippen LogP contribution in [-0.4, -0.2) is 51.5 Å². The molecule has 1 aliphatic rings. The number of imide groups is 1. The second kappa shape index (κ2) is 5.67. The number of ether oxygens (including phenoxy) is 1. The van der Waals surface area contributed by atoms with E-state index in [0.717, 1.165) is 0 Å². The van der Waals surface area contributed by atoms with Crippen molar-refractivity contribution in [3.8, 4) is 0 Å². The average molecular weight is 261 g/mol. The summed E-state index contributed by atoms with van der Waals surface area (Å²) < 4.78 is 4.64. The zero-order valence-electron chi connectivity index (χ0n) is 9.04. The predicted molar refractivity (Wildman–Crippen MR) is 57.4 cm³/mol. The number of thioether (sulfide) groups is 1. The van der Waals surface area contributed by atoms with Crippen molar-refractivity contribution >= 4 is 34.8 Å². The molecule has 1 rings (SSSR count). The SMILES string of the molecule is CCOC(=O)CC1SC(=O)CN(C(=O)O)C1=O. The number of hydrogen-bond acceptors (Lipinski definition) is 6.